The van der Waals surface area contributed by atoms with Gasteiger partial charge in [0.25, 0.3) is 0 Å². The molecule has 1 heterocycles. The topological polar surface area (TPSA) is 67.2 Å². The molecule has 0 saturated carbocycles. The van der Waals surface area contributed by atoms with Gasteiger partial charge in [-0.15, -0.1) is 0 Å². The molecule has 3 aromatic carbocycles. The van der Waals surface area contributed by atoms with Crippen LogP contribution in [0, 0.1) is 12.7 Å². The van der Waals surface area contributed by atoms with Crippen LogP contribution < -0.4 is 10.6 Å². The maximum absolute atomic E-state index is 13.6. The molecular weight excluding hydrogens is 369 g/mol. The van der Waals surface area contributed by atoms with E-state index in [1.165, 1.54) is 18.5 Å². The molecule has 2 N–H and O–H groups in total. The van der Waals surface area contributed by atoms with E-state index in [2.05, 4.69) is 15.6 Å². The van der Waals surface area contributed by atoms with Crippen LogP contribution in [0.4, 0.5) is 20.6 Å². The summed E-state index contributed by atoms with van der Waals surface area (Å²) in [4.78, 5) is 16.1. The molecule has 144 valence electrons. The van der Waals surface area contributed by atoms with Crippen molar-refractivity contribution in [3.63, 3.8) is 0 Å². The Morgan fingerprint density at radius 3 is 2.45 bits per heavy atom. The number of amides is 2. The van der Waals surface area contributed by atoms with Gasteiger partial charge in [-0.3, -0.25) is 0 Å². The van der Waals surface area contributed by atoms with E-state index < -0.39 is 11.8 Å². The summed E-state index contributed by atoms with van der Waals surface area (Å²) in [7, 11) is 0. The Balaban J connectivity index is 1.50. The van der Waals surface area contributed by atoms with Crippen LogP contribution in [-0.4, -0.2) is 11.0 Å². The van der Waals surface area contributed by atoms with Crippen molar-refractivity contribution in [1.29, 1.82) is 0 Å². The number of hydrogen-bond donors (Lipinski definition) is 2. The summed E-state index contributed by atoms with van der Waals surface area (Å²) in [5, 5.41) is 5.20. The molecule has 0 spiro atoms. The molecule has 0 aliphatic heterocycles. The van der Waals surface area contributed by atoms with Gasteiger partial charge in [-0.2, -0.15) is 0 Å². The number of benzene rings is 3. The van der Waals surface area contributed by atoms with Crippen molar-refractivity contribution >= 4 is 17.4 Å². The SMILES string of the molecule is Cc1ccc(-c2cnco2)cc1-c1ccc(NC(=O)Nc2ccccc2F)cc1. The lowest BCUT2D eigenvalue weighted by atomic mass is 9.97. The van der Waals surface area contributed by atoms with E-state index in [1.807, 2.05) is 37.3 Å². The number of nitrogens with zero attached hydrogens (tertiary/aromatic N) is 1. The highest BCUT2D eigenvalue weighted by molar-refractivity contribution is 6.00. The van der Waals surface area contributed by atoms with E-state index in [-0.39, 0.29) is 5.69 Å². The van der Waals surface area contributed by atoms with E-state index in [9.17, 15) is 9.18 Å². The summed E-state index contributed by atoms with van der Waals surface area (Å²) in [5.74, 6) is 0.217. The van der Waals surface area contributed by atoms with Gasteiger partial charge in [0, 0.05) is 11.3 Å². The molecule has 0 radical (unpaired) electrons. The standard InChI is InChI=1S/C23H18FN3O2/c1-15-6-7-17(22-13-25-14-29-22)12-19(15)16-8-10-18(11-9-16)26-23(28)27-21-5-3-2-4-20(21)24/h2-14H,1H3,(H2,26,27,28). The molecule has 0 aliphatic carbocycles. The number of nitrogens with one attached hydrogen (secondary N) is 2. The fourth-order valence-corrected chi connectivity index (χ4v) is 3.02. The van der Waals surface area contributed by atoms with Gasteiger partial charge in [0.05, 0.1) is 11.9 Å². The van der Waals surface area contributed by atoms with Gasteiger partial charge in [-0.05, 0) is 53.9 Å². The van der Waals surface area contributed by atoms with Crippen LogP contribution in [0.3, 0.4) is 0 Å². The number of anilines is 2. The zero-order valence-corrected chi connectivity index (χ0v) is 15.6. The summed E-state index contributed by atoms with van der Waals surface area (Å²) in [5.41, 5.74) is 4.85. The molecule has 5 nitrogen and oxygen atoms in total. The second-order valence-corrected chi connectivity index (χ2v) is 6.53. The monoisotopic (exact) mass is 387 g/mol. The van der Waals surface area contributed by atoms with Gasteiger partial charge >= 0.3 is 6.03 Å². The molecule has 0 aliphatic rings. The summed E-state index contributed by atoms with van der Waals surface area (Å²) in [6.45, 7) is 2.04. The Labute approximate surface area is 167 Å². The number of rotatable bonds is 4. The average molecular weight is 387 g/mol. The first-order valence-electron chi connectivity index (χ1n) is 9.02. The number of halogens is 1. The van der Waals surface area contributed by atoms with Gasteiger partial charge < -0.3 is 15.1 Å². The summed E-state index contributed by atoms with van der Waals surface area (Å²) in [6.07, 6.45) is 3.08. The minimum Gasteiger partial charge on any atom is -0.444 e. The highest BCUT2D eigenvalue weighted by atomic mass is 19.1. The van der Waals surface area contributed by atoms with Gasteiger partial charge in [-0.1, -0.05) is 36.4 Å². The lowest BCUT2D eigenvalue weighted by Gasteiger charge is -2.11. The second kappa shape index (κ2) is 7.98. The molecule has 0 fully saturated rings. The van der Waals surface area contributed by atoms with E-state index in [0.717, 1.165) is 22.3 Å². The number of oxazole rings is 1. The molecule has 4 rings (SSSR count). The van der Waals surface area contributed by atoms with E-state index >= 15 is 0 Å². The first kappa shape index (κ1) is 18.4. The minimum atomic E-state index is -0.508. The van der Waals surface area contributed by atoms with Crippen LogP contribution in [0.5, 0.6) is 0 Å². The number of carbonyl (C=O) groups is 1. The number of aromatic nitrogens is 1. The largest absolute Gasteiger partial charge is 0.444 e. The highest BCUT2D eigenvalue weighted by Crippen LogP contribution is 2.30. The average Bonchev–Trinajstić information content (AvgIpc) is 3.26. The van der Waals surface area contributed by atoms with Crippen molar-refractivity contribution in [2.75, 3.05) is 10.6 Å². The third kappa shape index (κ3) is 4.16. The van der Waals surface area contributed by atoms with Crippen LogP contribution in [0.1, 0.15) is 5.56 Å². The zero-order chi connectivity index (χ0) is 20.2. The van der Waals surface area contributed by atoms with Crippen molar-refractivity contribution in [3.05, 3.63) is 90.7 Å². The molecule has 29 heavy (non-hydrogen) atoms. The van der Waals surface area contributed by atoms with Crippen LogP contribution >= 0.6 is 0 Å². The van der Waals surface area contributed by atoms with E-state index in [1.54, 1.807) is 30.5 Å². The first-order chi connectivity index (χ1) is 14.1. The van der Waals surface area contributed by atoms with Crippen molar-refractivity contribution in [1.82, 2.24) is 4.98 Å². The number of urea groups is 1. The third-order valence-electron chi connectivity index (χ3n) is 4.53. The predicted octanol–water partition coefficient (Wildman–Crippen LogP) is 6.10. The summed E-state index contributed by atoms with van der Waals surface area (Å²) >= 11 is 0. The molecular formula is C23H18FN3O2. The highest BCUT2D eigenvalue weighted by Gasteiger charge is 2.09. The Bertz CT molecular complexity index is 1140. The van der Waals surface area contributed by atoms with E-state index in [4.69, 9.17) is 4.42 Å². The van der Waals surface area contributed by atoms with Gasteiger partial charge in [0.15, 0.2) is 12.2 Å². The maximum Gasteiger partial charge on any atom is 0.323 e. The van der Waals surface area contributed by atoms with Crippen molar-refractivity contribution in [2.24, 2.45) is 0 Å². The molecule has 0 unspecified atom stereocenters. The number of carbonyl (C=O) groups excluding carboxylic acids is 1. The molecule has 0 bridgehead atoms. The number of para-hydroxylation sites is 1. The Kier molecular flexibility index (Phi) is 5.07. The van der Waals surface area contributed by atoms with Gasteiger partial charge in [-0.25, -0.2) is 14.2 Å². The zero-order valence-electron chi connectivity index (χ0n) is 15.6. The normalized spacial score (nSPS) is 10.6. The number of hydrogen-bond acceptors (Lipinski definition) is 3. The van der Waals surface area contributed by atoms with Crippen LogP contribution in [-0.2, 0) is 0 Å². The second-order valence-electron chi connectivity index (χ2n) is 6.53. The number of aryl methyl sites for hydroxylation is 1. The molecule has 0 atom stereocenters. The quantitative estimate of drug-likeness (QED) is 0.445. The molecule has 2 amide bonds. The minimum absolute atomic E-state index is 0.126. The molecule has 1 aromatic heterocycles. The first-order valence-corrected chi connectivity index (χ1v) is 9.02. The lowest BCUT2D eigenvalue weighted by Crippen LogP contribution is -2.20. The Hall–Kier alpha value is -3.93. The van der Waals surface area contributed by atoms with Crippen LogP contribution in [0.15, 0.2) is 83.7 Å². The smallest absolute Gasteiger partial charge is 0.323 e. The maximum atomic E-state index is 13.6. The predicted molar refractivity (Wildman–Crippen MR) is 111 cm³/mol. The third-order valence-corrected chi connectivity index (χ3v) is 4.53. The Morgan fingerprint density at radius 2 is 1.72 bits per heavy atom. The Morgan fingerprint density at radius 1 is 0.966 bits per heavy atom. The summed E-state index contributed by atoms with van der Waals surface area (Å²) in [6, 6.07) is 19.0. The fourth-order valence-electron chi connectivity index (χ4n) is 3.02. The van der Waals surface area contributed by atoms with Gasteiger partial charge in [0.2, 0.25) is 0 Å². The molecule has 6 heteroatoms. The summed E-state index contributed by atoms with van der Waals surface area (Å²) < 4.78 is 19.0. The fraction of sp³-hybridized carbons (Fsp3) is 0.0435. The van der Waals surface area contributed by atoms with Crippen LogP contribution in [0.2, 0.25) is 0 Å². The van der Waals surface area contributed by atoms with Gasteiger partial charge in [0.1, 0.15) is 5.82 Å². The van der Waals surface area contributed by atoms with E-state index in [0.29, 0.717) is 11.4 Å². The van der Waals surface area contributed by atoms with Crippen molar-refractivity contribution in [3.8, 4) is 22.5 Å². The van der Waals surface area contributed by atoms with Crippen molar-refractivity contribution < 1.29 is 13.6 Å². The molecule has 0 saturated heterocycles. The van der Waals surface area contributed by atoms with Crippen LogP contribution in [0.25, 0.3) is 22.5 Å². The molecule has 4 aromatic rings. The lowest BCUT2D eigenvalue weighted by molar-refractivity contribution is 0.262. The van der Waals surface area contributed by atoms with Crippen molar-refractivity contribution in [2.45, 2.75) is 6.92 Å².